The standard InChI is InChI=1S/C18H17N7O/c1-18(2,10-19)25-9-11(7-21-25)22-17-16-12(8-20-24-16)15-13(23-17)5-4-6-14(15)26-3/h4-9H,1-3H3,(H,20,24)(H,22,23). The first-order valence-electron chi connectivity index (χ1n) is 8.07. The molecule has 0 saturated heterocycles. The van der Waals surface area contributed by atoms with Crippen molar-refractivity contribution >= 4 is 33.3 Å². The van der Waals surface area contributed by atoms with Gasteiger partial charge in [-0.3, -0.25) is 9.78 Å². The summed E-state index contributed by atoms with van der Waals surface area (Å²) in [4.78, 5) is 4.71. The Morgan fingerprint density at radius 3 is 2.92 bits per heavy atom. The number of nitrogens with one attached hydrogen (secondary N) is 2. The minimum atomic E-state index is -0.729. The summed E-state index contributed by atoms with van der Waals surface area (Å²) in [5, 5.41) is 25.8. The molecule has 3 heterocycles. The Kier molecular flexibility index (Phi) is 3.51. The molecular formula is C18H17N7O. The monoisotopic (exact) mass is 347 g/mol. The molecule has 0 aliphatic rings. The molecule has 0 unspecified atom stereocenters. The summed E-state index contributed by atoms with van der Waals surface area (Å²) < 4.78 is 7.08. The highest BCUT2D eigenvalue weighted by Crippen LogP contribution is 2.34. The van der Waals surface area contributed by atoms with Crippen molar-refractivity contribution in [3.8, 4) is 11.8 Å². The van der Waals surface area contributed by atoms with Crippen molar-refractivity contribution in [2.24, 2.45) is 0 Å². The van der Waals surface area contributed by atoms with Crippen LogP contribution in [0, 0.1) is 11.3 Å². The van der Waals surface area contributed by atoms with Gasteiger partial charge in [-0.2, -0.15) is 15.5 Å². The number of pyridine rings is 1. The van der Waals surface area contributed by atoms with Gasteiger partial charge in [0.2, 0.25) is 0 Å². The van der Waals surface area contributed by atoms with E-state index >= 15 is 0 Å². The van der Waals surface area contributed by atoms with Crippen LogP contribution in [-0.4, -0.2) is 32.1 Å². The maximum absolute atomic E-state index is 9.26. The van der Waals surface area contributed by atoms with Gasteiger partial charge in [-0.15, -0.1) is 0 Å². The predicted octanol–water partition coefficient (Wildman–Crippen LogP) is 3.32. The molecule has 0 fully saturated rings. The second-order valence-electron chi connectivity index (χ2n) is 6.44. The third-order valence-electron chi connectivity index (χ3n) is 4.29. The topological polar surface area (TPSA) is 104 Å². The molecule has 3 aromatic heterocycles. The molecule has 130 valence electrons. The van der Waals surface area contributed by atoms with E-state index in [0.29, 0.717) is 5.82 Å². The fourth-order valence-electron chi connectivity index (χ4n) is 2.86. The Hall–Kier alpha value is -3.60. The number of ether oxygens (including phenoxy) is 1. The Labute approximate surface area is 149 Å². The number of fused-ring (bicyclic) bond motifs is 3. The van der Waals surface area contributed by atoms with Crippen LogP contribution in [0.25, 0.3) is 21.8 Å². The van der Waals surface area contributed by atoms with Gasteiger partial charge >= 0.3 is 0 Å². The first-order chi connectivity index (χ1) is 12.5. The summed E-state index contributed by atoms with van der Waals surface area (Å²) in [6.07, 6.45) is 5.21. The van der Waals surface area contributed by atoms with E-state index in [9.17, 15) is 5.26 Å². The van der Waals surface area contributed by atoms with E-state index in [1.165, 1.54) is 0 Å². The Morgan fingerprint density at radius 2 is 2.15 bits per heavy atom. The van der Waals surface area contributed by atoms with Crippen molar-refractivity contribution in [3.05, 3.63) is 36.8 Å². The second kappa shape index (κ2) is 5.74. The lowest BCUT2D eigenvalue weighted by atomic mass is 10.1. The zero-order valence-electron chi connectivity index (χ0n) is 14.6. The SMILES string of the molecule is COc1cccc2nc(Nc3cnn(C(C)(C)C#N)c3)c3[nH]ncc3c12. The van der Waals surface area contributed by atoms with Crippen molar-refractivity contribution in [1.82, 2.24) is 25.0 Å². The van der Waals surface area contributed by atoms with Gasteiger partial charge in [0.15, 0.2) is 5.82 Å². The van der Waals surface area contributed by atoms with Crippen LogP contribution >= 0.6 is 0 Å². The lowest BCUT2D eigenvalue weighted by molar-refractivity contribution is 0.419. The Bertz CT molecular complexity index is 1150. The quantitative estimate of drug-likeness (QED) is 0.587. The van der Waals surface area contributed by atoms with Crippen molar-refractivity contribution in [1.29, 1.82) is 5.26 Å². The van der Waals surface area contributed by atoms with Gasteiger partial charge in [-0.05, 0) is 26.0 Å². The molecule has 0 spiro atoms. The minimum Gasteiger partial charge on any atom is -0.496 e. The summed E-state index contributed by atoms with van der Waals surface area (Å²) >= 11 is 0. The van der Waals surface area contributed by atoms with Crippen LogP contribution in [0.1, 0.15) is 13.8 Å². The van der Waals surface area contributed by atoms with E-state index in [-0.39, 0.29) is 0 Å². The van der Waals surface area contributed by atoms with Gasteiger partial charge in [0.25, 0.3) is 0 Å². The third-order valence-corrected chi connectivity index (χ3v) is 4.29. The molecular weight excluding hydrogens is 330 g/mol. The van der Waals surface area contributed by atoms with Gasteiger partial charge in [0.1, 0.15) is 16.8 Å². The number of H-pyrrole nitrogens is 1. The number of methoxy groups -OCH3 is 1. The molecule has 0 bridgehead atoms. The van der Waals surface area contributed by atoms with E-state index in [1.54, 1.807) is 44.2 Å². The molecule has 26 heavy (non-hydrogen) atoms. The number of nitriles is 1. The third kappa shape index (κ3) is 2.41. The van der Waals surface area contributed by atoms with Crippen LogP contribution in [0.15, 0.2) is 36.8 Å². The van der Waals surface area contributed by atoms with E-state index in [0.717, 1.165) is 33.2 Å². The van der Waals surface area contributed by atoms with E-state index < -0.39 is 5.54 Å². The summed E-state index contributed by atoms with van der Waals surface area (Å²) in [6, 6.07) is 7.95. The molecule has 8 nitrogen and oxygen atoms in total. The van der Waals surface area contributed by atoms with Gasteiger partial charge in [-0.1, -0.05) is 6.07 Å². The van der Waals surface area contributed by atoms with E-state index in [2.05, 4.69) is 26.7 Å². The summed E-state index contributed by atoms with van der Waals surface area (Å²) in [5.74, 6) is 1.38. The Morgan fingerprint density at radius 1 is 1.31 bits per heavy atom. The highest BCUT2D eigenvalue weighted by Gasteiger charge is 2.21. The minimum absolute atomic E-state index is 0.632. The molecule has 0 saturated carbocycles. The van der Waals surface area contributed by atoms with Crippen LogP contribution in [0.2, 0.25) is 0 Å². The van der Waals surface area contributed by atoms with Crippen LogP contribution in [0.4, 0.5) is 11.5 Å². The van der Waals surface area contributed by atoms with Gasteiger partial charge in [0.05, 0.1) is 48.4 Å². The molecule has 4 rings (SSSR count). The highest BCUT2D eigenvalue weighted by atomic mass is 16.5. The number of aromatic nitrogens is 5. The molecule has 0 aliphatic heterocycles. The average Bonchev–Trinajstić information content (AvgIpc) is 3.31. The Balaban J connectivity index is 1.82. The lowest BCUT2D eigenvalue weighted by Gasteiger charge is -2.15. The van der Waals surface area contributed by atoms with Crippen LogP contribution in [0.5, 0.6) is 5.75 Å². The van der Waals surface area contributed by atoms with E-state index in [1.807, 2.05) is 18.2 Å². The fraction of sp³-hybridized carbons (Fsp3) is 0.222. The number of anilines is 2. The van der Waals surface area contributed by atoms with Crippen LogP contribution in [-0.2, 0) is 5.54 Å². The molecule has 2 N–H and O–H groups in total. The van der Waals surface area contributed by atoms with Crippen LogP contribution in [0.3, 0.4) is 0 Å². The number of hydrogen-bond donors (Lipinski definition) is 2. The second-order valence-corrected chi connectivity index (χ2v) is 6.44. The number of aromatic amines is 1. The van der Waals surface area contributed by atoms with Crippen molar-refractivity contribution in [2.75, 3.05) is 12.4 Å². The summed E-state index contributed by atoms with van der Waals surface area (Å²) in [5.41, 5.74) is 1.58. The maximum Gasteiger partial charge on any atom is 0.157 e. The van der Waals surface area contributed by atoms with Gasteiger partial charge in [-0.25, -0.2) is 4.98 Å². The zero-order chi connectivity index (χ0) is 18.3. The number of benzene rings is 1. The molecule has 0 aliphatic carbocycles. The van der Waals surface area contributed by atoms with Gasteiger partial charge in [0, 0.05) is 5.39 Å². The maximum atomic E-state index is 9.26. The largest absolute Gasteiger partial charge is 0.496 e. The molecule has 0 amide bonds. The van der Waals surface area contributed by atoms with Crippen molar-refractivity contribution in [3.63, 3.8) is 0 Å². The molecule has 8 heteroatoms. The number of rotatable bonds is 4. The normalized spacial score (nSPS) is 11.6. The first kappa shape index (κ1) is 15.9. The van der Waals surface area contributed by atoms with Gasteiger partial charge < -0.3 is 10.1 Å². The summed E-state index contributed by atoms with van der Waals surface area (Å²) in [7, 11) is 1.64. The van der Waals surface area contributed by atoms with E-state index in [4.69, 9.17) is 9.72 Å². The first-order valence-corrected chi connectivity index (χ1v) is 8.07. The molecule has 0 radical (unpaired) electrons. The highest BCUT2D eigenvalue weighted by molar-refractivity contribution is 6.11. The molecule has 1 aromatic carbocycles. The molecule has 4 aromatic rings. The smallest absolute Gasteiger partial charge is 0.157 e. The summed E-state index contributed by atoms with van der Waals surface area (Å²) in [6.45, 7) is 3.61. The average molecular weight is 347 g/mol. The van der Waals surface area contributed by atoms with Crippen molar-refractivity contribution in [2.45, 2.75) is 19.4 Å². The number of hydrogen-bond acceptors (Lipinski definition) is 6. The fourth-order valence-corrected chi connectivity index (χ4v) is 2.86. The predicted molar refractivity (Wildman–Crippen MR) is 98.4 cm³/mol. The van der Waals surface area contributed by atoms with Crippen molar-refractivity contribution < 1.29 is 4.74 Å². The van der Waals surface area contributed by atoms with Crippen LogP contribution < -0.4 is 10.1 Å². The zero-order valence-corrected chi connectivity index (χ0v) is 14.6. The number of nitrogens with zero attached hydrogens (tertiary/aromatic N) is 5. The molecule has 0 atom stereocenters. The lowest BCUT2D eigenvalue weighted by Crippen LogP contribution is -2.24.